The second-order valence-corrected chi connectivity index (χ2v) is 10.4. The molecule has 0 radical (unpaired) electrons. The summed E-state index contributed by atoms with van der Waals surface area (Å²) in [7, 11) is 3.33. The van der Waals surface area contributed by atoms with Crippen LogP contribution in [0.5, 0.6) is 0 Å². The Balaban J connectivity index is 1.27. The van der Waals surface area contributed by atoms with Crippen LogP contribution < -0.4 is 15.5 Å². The molecule has 2 aromatic carbocycles. The van der Waals surface area contributed by atoms with Crippen molar-refractivity contribution < 1.29 is 18.7 Å². The number of nitrogens with one attached hydrogen (secondary N) is 2. The van der Waals surface area contributed by atoms with Crippen LogP contribution in [0.3, 0.4) is 0 Å². The normalized spacial score (nSPS) is 13.0. The molecule has 1 aliphatic heterocycles. The number of morpholine rings is 1. The molecule has 6 rings (SSSR count). The third-order valence-corrected chi connectivity index (χ3v) is 7.09. The highest BCUT2D eigenvalue weighted by Crippen LogP contribution is 2.31. The molecular formula is C32H29FN8O3. The molecule has 0 bridgehead atoms. The number of rotatable bonds is 6. The van der Waals surface area contributed by atoms with Gasteiger partial charge in [0.2, 0.25) is 0 Å². The van der Waals surface area contributed by atoms with Crippen LogP contribution in [0.1, 0.15) is 10.4 Å². The van der Waals surface area contributed by atoms with Gasteiger partial charge in [-0.05, 0) is 54.6 Å². The second kappa shape index (κ2) is 12.4. The standard InChI is InChI=1S/C32H29FN8O3/c1-40(2)31(42)20-5-7-23(8-6-20)36-32(43)37-24-9-10-25(26(33)17-24)29-38-27-16-22(21-4-3-11-34-18-21)19-35-28(27)30(39-29)41-12-14-44-15-13-41/h3-11,16-19H,12-15H2,1-2H3,(H2,36,37,43). The number of pyridine rings is 2. The van der Waals surface area contributed by atoms with Crippen molar-refractivity contribution in [2.45, 2.75) is 0 Å². The molecule has 1 aliphatic rings. The number of fused-ring (bicyclic) bond motifs is 1. The van der Waals surface area contributed by atoms with E-state index in [0.717, 1.165) is 11.1 Å². The molecule has 0 aliphatic carbocycles. The summed E-state index contributed by atoms with van der Waals surface area (Å²) >= 11 is 0. The van der Waals surface area contributed by atoms with Crippen molar-refractivity contribution in [2.24, 2.45) is 0 Å². The number of urea groups is 1. The summed E-state index contributed by atoms with van der Waals surface area (Å²) in [6.07, 6.45) is 5.21. The Labute approximate surface area is 252 Å². The summed E-state index contributed by atoms with van der Waals surface area (Å²) in [6, 6.07) is 16.0. The van der Waals surface area contributed by atoms with Gasteiger partial charge in [0, 0.05) is 73.8 Å². The molecule has 0 spiro atoms. The van der Waals surface area contributed by atoms with Gasteiger partial charge < -0.3 is 25.2 Å². The fraction of sp³-hybridized carbons (Fsp3) is 0.188. The monoisotopic (exact) mass is 592 g/mol. The van der Waals surface area contributed by atoms with E-state index in [2.05, 4.69) is 25.5 Å². The molecular weight excluding hydrogens is 563 g/mol. The Bertz CT molecular complexity index is 1830. The number of ether oxygens (including phenoxy) is 1. The summed E-state index contributed by atoms with van der Waals surface area (Å²) in [4.78, 5) is 46.6. The van der Waals surface area contributed by atoms with Gasteiger partial charge in [-0.1, -0.05) is 6.07 Å². The molecule has 3 aromatic heterocycles. The largest absolute Gasteiger partial charge is 0.378 e. The molecule has 0 unspecified atom stereocenters. The van der Waals surface area contributed by atoms with Crippen LogP contribution in [0.25, 0.3) is 33.5 Å². The van der Waals surface area contributed by atoms with Gasteiger partial charge in [-0.15, -0.1) is 0 Å². The number of amides is 3. The number of nitrogens with zero attached hydrogens (tertiary/aromatic N) is 6. The van der Waals surface area contributed by atoms with Gasteiger partial charge in [-0.3, -0.25) is 14.8 Å². The Morgan fingerprint density at radius 1 is 0.909 bits per heavy atom. The van der Waals surface area contributed by atoms with Gasteiger partial charge in [0.25, 0.3) is 5.91 Å². The molecule has 0 atom stereocenters. The molecule has 222 valence electrons. The minimum atomic E-state index is -0.599. The van der Waals surface area contributed by atoms with E-state index >= 15 is 4.39 Å². The maximum absolute atomic E-state index is 15.6. The molecule has 2 N–H and O–H groups in total. The Morgan fingerprint density at radius 2 is 1.66 bits per heavy atom. The lowest BCUT2D eigenvalue weighted by Crippen LogP contribution is -2.37. The Hall–Kier alpha value is -5.49. The Kier molecular flexibility index (Phi) is 8.06. The molecule has 5 aromatic rings. The van der Waals surface area contributed by atoms with Crippen LogP contribution in [0.2, 0.25) is 0 Å². The van der Waals surface area contributed by atoms with Crippen molar-refractivity contribution in [3.8, 4) is 22.5 Å². The van der Waals surface area contributed by atoms with E-state index in [0.29, 0.717) is 54.4 Å². The van der Waals surface area contributed by atoms with Crippen LogP contribution in [-0.2, 0) is 4.74 Å². The van der Waals surface area contributed by atoms with Gasteiger partial charge >= 0.3 is 6.03 Å². The number of aromatic nitrogens is 4. The minimum absolute atomic E-state index is 0.144. The predicted molar refractivity (Wildman–Crippen MR) is 166 cm³/mol. The van der Waals surface area contributed by atoms with E-state index in [1.165, 1.54) is 17.0 Å². The fourth-order valence-electron chi connectivity index (χ4n) is 4.83. The fourth-order valence-corrected chi connectivity index (χ4v) is 4.83. The van der Waals surface area contributed by atoms with E-state index < -0.39 is 11.8 Å². The van der Waals surface area contributed by atoms with Crippen LogP contribution in [0, 0.1) is 5.82 Å². The number of anilines is 3. The number of hydrogen-bond donors (Lipinski definition) is 2. The number of carbonyl (C=O) groups excluding carboxylic acids is 2. The highest BCUT2D eigenvalue weighted by Gasteiger charge is 2.21. The van der Waals surface area contributed by atoms with Crippen LogP contribution >= 0.6 is 0 Å². The topological polar surface area (TPSA) is 125 Å². The summed E-state index contributed by atoms with van der Waals surface area (Å²) in [5, 5.41) is 5.32. The van der Waals surface area contributed by atoms with E-state index in [4.69, 9.17) is 14.7 Å². The number of carbonyl (C=O) groups is 2. The third kappa shape index (κ3) is 6.15. The molecule has 0 saturated carbocycles. The van der Waals surface area contributed by atoms with E-state index in [9.17, 15) is 9.59 Å². The lowest BCUT2D eigenvalue weighted by atomic mass is 10.1. The molecule has 11 nitrogen and oxygen atoms in total. The molecule has 12 heteroatoms. The summed E-state index contributed by atoms with van der Waals surface area (Å²) in [5.41, 5.74) is 4.29. The predicted octanol–water partition coefficient (Wildman–Crippen LogP) is 5.08. The zero-order chi connectivity index (χ0) is 30.6. The zero-order valence-electron chi connectivity index (χ0n) is 24.1. The highest BCUT2D eigenvalue weighted by atomic mass is 19.1. The highest BCUT2D eigenvalue weighted by molar-refractivity contribution is 6.00. The van der Waals surface area contributed by atoms with Gasteiger partial charge in [0.1, 0.15) is 11.3 Å². The van der Waals surface area contributed by atoms with Gasteiger partial charge in [-0.2, -0.15) is 0 Å². The van der Waals surface area contributed by atoms with Crippen molar-refractivity contribution in [2.75, 3.05) is 55.9 Å². The van der Waals surface area contributed by atoms with Crippen LogP contribution in [0.15, 0.2) is 79.3 Å². The van der Waals surface area contributed by atoms with E-state index in [1.807, 2.05) is 18.2 Å². The van der Waals surface area contributed by atoms with Crippen molar-refractivity contribution in [1.29, 1.82) is 0 Å². The molecule has 3 amide bonds. The lowest BCUT2D eigenvalue weighted by Gasteiger charge is -2.28. The summed E-state index contributed by atoms with van der Waals surface area (Å²) < 4.78 is 21.1. The zero-order valence-corrected chi connectivity index (χ0v) is 24.1. The van der Waals surface area contributed by atoms with Gasteiger partial charge in [0.15, 0.2) is 11.6 Å². The first-order chi connectivity index (χ1) is 21.4. The van der Waals surface area contributed by atoms with E-state index in [1.54, 1.807) is 63.0 Å². The van der Waals surface area contributed by atoms with Crippen molar-refractivity contribution in [3.05, 3.63) is 90.6 Å². The average Bonchev–Trinajstić information content (AvgIpc) is 3.05. The molecule has 1 saturated heterocycles. The maximum Gasteiger partial charge on any atom is 0.323 e. The molecule has 4 heterocycles. The quantitative estimate of drug-likeness (QED) is 0.280. The van der Waals surface area contributed by atoms with Crippen molar-refractivity contribution in [1.82, 2.24) is 24.8 Å². The van der Waals surface area contributed by atoms with Crippen LogP contribution in [-0.4, -0.2) is 77.2 Å². The lowest BCUT2D eigenvalue weighted by molar-refractivity contribution is 0.0827. The average molecular weight is 593 g/mol. The smallest absolute Gasteiger partial charge is 0.323 e. The Morgan fingerprint density at radius 3 is 2.36 bits per heavy atom. The SMILES string of the molecule is CN(C)C(=O)c1ccc(NC(=O)Nc2ccc(-c3nc(N4CCOCC4)c4ncc(-c5cccnc5)cc4n3)c(F)c2)cc1. The van der Waals surface area contributed by atoms with Gasteiger partial charge in [-0.25, -0.2) is 19.2 Å². The first kappa shape index (κ1) is 28.6. The number of halogens is 1. The van der Waals surface area contributed by atoms with Crippen LogP contribution in [0.4, 0.5) is 26.4 Å². The van der Waals surface area contributed by atoms with Crippen molar-refractivity contribution in [3.63, 3.8) is 0 Å². The maximum atomic E-state index is 15.6. The van der Waals surface area contributed by atoms with Crippen molar-refractivity contribution >= 4 is 40.2 Å². The first-order valence-corrected chi connectivity index (χ1v) is 14.0. The summed E-state index contributed by atoms with van der Waals surface area (Å²) in [6.45, 7) is 2.33. The number of hydrogen-bond acceptors (Lipinski definition) is 8. The number of benzene rings is 2. The minimum Gasteiger partial charge on any atom is -0.378 e. The third-order valence-electron chi connectivity index (χ3n) is 7.09. The first-order valence-electron chi connectivity index (χ1n) is 14.0. The van der Waals surface area contributed by atoms with Gasteiger partial charge in [0.05, 0.1) is 24.3 Å². The molecule has 44 heavy (non-hydrogen) atoms. The molecule has 1 fully saturated rings. The van der Waals surface area contributed by atoms with E-state index in [-0.39, 0.29) is 23.0 Å². The second-order valence-electron chi connectivity index (χ2n) is 10.4. The summed E-state index contributed by atoms with van der Waals surface area (Å²) in [5.74, 6) is 0.0579.